The summed E-state index contributed by atoms with van der Waals surface area (Å²) in [4.78, 5) is 22.3. The van der Waals surface area contributed by atoms with Crippen molar-refractivity contribution < 1.29 is 19.2 Å². The maximum Gasteiger partial charge on any atom is 0.310 e. The van der Waals surface area contributed by atoms with Crippen LogP contribution in [-0.2, 0) is 11.2 Å². The Bertz CT molecular complexity index is 753. The Hall–Kier alpha value is -3.09. The van der Waals surface area contributed by atoms with Gasteiger partial charge in [-0.25, -0.2) is 0 Å². The number of nitrogens with zero attached hydrogens (tertiary/aromatic N) is 1. The van der Waals surface area contributed by atoms with Gasteiger partial charge in [-0.05, 0) is 17.7 Å². The van der Waals surface area contributed by atoms with E-state index in [1.165, 1.54) is 12.1 Å². The fraction of sp³-hybridized carbons (Fsp3) is 0.278. The summed E-state index contributed by atoms with van der Waals surface area (Å²) in [5.41, 5.74) is 1.03. The Morgan fingerprint density at radius 3 is 2.80 bits per heavy atom. The molecule has 0 aliphatic carbocycles. The Morgan fingerprint density at radius 2 is 2.00 bits per heavy atom. The molecule has 0 fully saturated rings. The van der Waals surface area contributed by atoms with Crippen LogP contribution in [0.4, 0.5) is 5.69 Å². The first-order chi connectivity index (χ1) is 12.1. The number of benzene rings is 2. The summed E-state index contributed by atoms with van der Waals surface area (Å²) in [7, 11) is 0. The Kier molecular flexibility index (Phi) is 5.13. The van der Waals surface area contributed by atoms with E-state index in [4.69, 9.17) is 9.47 Å². The number of carbonyl (C=O) groups is 1. The second-order valence-corrected chi connectivity index (χ2v) is 5.68. The monoisotopic (exact) mass is 342 g/mol. The highest BCUT2D eigenvalue weighted by Gasteiger charge is 2.22. The van der Waals surface area contributed by atoms with Crippen LogP contribution in [0, 0.1) is 10.1 Å². The highest BCUT2D eigenvalue weighted by atomic mass is 16.6. The standard InChI is InChI=1S/C18H18N2O5/c21-18(9-10-24-17-8-4-2-6-15(17)20(22)23)19-12-14-11-13-5-1-3-7-16(13)25-14/h1-8,14H,9-12H2,(H,19,21)/t14-/m1/s1. The van der Waals surface area contributed by atoms with Gasteiger partial charge < -0.3 is 14.8 Å². The highest BCUT2D eigenvalue weighted by molar-refractivity contribution is 5.76. The molecule has 1 aliphatic rings. The molecule has 3 rings (SSSR count). The average Bonchev–Trinajstić information content (AvgIpc) is 3.03. The third-order valence-electron chi connectivity index (χ3n) is 3.89. The molecule has 0 spiro atoms. The van der Waals surface area contributed by atoms with Crippen molar-refractivity contribution in [2.45, 2.75) is 18.9 Å². The normalized spacial score (nSPS) is 15.1. The molecule has 0 radical (unpaired) electrons. The number of para-hydroxylation sites is 3. The van der Waals surface area contributed by atoms with Crippen LogP contribution in [0.2, 0.25) is 0 Å². The molecule has 0 bridgehead atoms. The quantitative estimate of drug-likeness (QED) is 0.617. The van der Waals surface area contributed by atoms with E-state index in [-0.39, 0.29) is 36.5 Å². The summed E-state index contributed by atoms with van der Waals surface area (Å²) in [6, 6.07) is 13.9. The van der Waals surface area contributed by atoms with E-state index in [0.717, 1.165) is 17.7 Å². The molecule has 1 atom stereocenters. The molecular formula is C18H18N2O5. The number of ether oxygens (including phenoxy) is 2. The lowest BCUT2D eigenvalue weighted by atomic mass is 10.1. The molecule has 0 aromatic heterocycles. The second-order valence-electron chi connectivity index (χ2n) is 5.68. The molecule has 7 nitrogen and oxygen atoms in total. The number of rotatable bonds is 7. The van der Waals surface area contributed by atoms with Crippen molar-refractivity contribution in [3.05, 3.63) is 64.2 Å². The van der Waals surface area contributed by atoms with Gasteiger partial charge in [0.1, 0.15) is 11.9 Å². The van der Waals surface area contributed by atoms with E-state index in [0.29, 0.717) is 6.54 Å². The molecular weight excluding hydrogens is 324 g/mol. The summed E-state index contributed by atoms with van der Waals surface area (Å²) in [5, 5.41) is 13.7. The van der Waals surface area contributed by atoms with E-state index >= 15 is 0 Å². The van der Waals surface area contributed by atoms with Crippen molar-refractivity contribution >= 4 is 11.6 Å². The van der Waals surface area contributed by atoms with E-state index in [1.807, 2.05) is 24.3 Å². The predicted molar refractivity (Wildman–Crippen MR) is 90.8 cm³/mol. The molecule has 2 aromatic carbocycles. The van der Waals surface area contributed by atoms with Crippen LogP contribution in [-0.4, -0.2) is 30.1 Å². The second kappa shape index (κ2) is 7.65. The Morgan fingerprint density at radius 1 is 1.24 bits per heavy atom. The average molecular weight is 342 g/mol. The summed E-state index contributed by atoms with van der Waals surface area (Å²) >= 11 is 0. The summed E-state index contributed by atoms with van der Waals surface area (Å²) in [6.45, 7) is 0.488. The largest absolute Gasteiger partial charge is 0.488 e. The van der Waals surface area contributed by atoms with Gasteiger partial charge in [0.15, 0.2) is 5.75 Å². The third-order valence-corrected chi connectivity index (χ3v) is 3.89. The minimum atomic E-state index is -0.509. The SMILES string of the molecule is O=C(CCOc1ccccc1[N+](=O)[O-])NC[C@H]1Cc2ccccc2O1. The first-order valence-corrected chi connectivity index (χ1v) is 8.01. The fourth-order valence-electron chi connectivity index (χ4n) is 2.67. The van der Waals surface area contributed by atoms with Crippen LogP contribution in [0.3, 0.4) is 0 Å². The number of amides is 1. The van der Waals surface area contributed by atoms with Crippen molar-refractivity contribution in [3.63, 3.8) is 0 Å². The van der Waals surface area contributed by atoms with Crippen molar-refractivity contribution in [2.75, 3.05) is 13.2 Å². The lowest BCUT2D eigenvalue weighted by Gasteiger charge is -2.12. The molecule has 130 valence electrons. The van der Waals surface area contributed by atoms with Crippen molar-refractivity contribution in [2.24, 2.45) is 0 Å². The molecule has 1 amide bonds. The maximum atomic E-state index is 11.9. The van der Waals surface area contributed by atoms with Gasteiger partial charge in [-0.2, -0.15) is 0 Å². The molecule has 1 N–H and O–H groups in total. The summed E-state index contributed by atoms with van der Waals surface area (Å²) in [6.07, 6.45) is 0.812. The Labute approximate surface area is 144 Å². The molecule has 0 saturated heterocycles. The van der Waals surface area contributed by atoms with Gasteiger partial charge >= 0.3 is 5.69 Å². The topological polar surface area (TPSA) is 90.7 Å². The highest BCUT2D eigenvalue weighted by Crippen LogP contribution is 2.28. The lowest BCUT2D eigenvalue weighted by Crippen LogP contribution is -2.35. The zero-order valence-electron chi connectivity index (χ0n) is 13.5. The van der Waals surface area contributed by atoms with Crippen LogP contribution in [0.15, 0.2) is 48.5 Å². The number of nitro benzene ring substituents is 1. The predicted octanol–water partition coefficient (Wildman–Crippen LogP) is 2.48. The molecule has 2 aromatic rings. The van der Waals surface area contributed by atoms with E-state index < -0.39 is 4.92 Å². The van der Waals surface area contributed by atoms with Gasteiger partial charge in [0, 0.05) is 12.5 Å². The number of nitro groups is 1. The molecule has 1 heterocycles. The summed E-state index contributed by atoms with van der Waals surface area (Å²) < 4.78 is 11.1. The molecule has 0 unspecified atom stereocenters. The fourth-order valence-corrected chi connectivity index (χ4v) is 2.67. The van der Waals surface area contributed by atoms with E-state index in [9.17, 15) is 14.9 Å². The number of hydrogen-bond acceptors (Lipinski definition) is 5. The van der Waals surface area contributed by atoms with Gasteiger partial charge in [0.25, 0.3) is 0 Å². The zero-order chi connectivity index (χ0) is 17.6. The third kappa shape index (κ3) is 4.26. The van der Waals surface area contributed by atoms with Crippen molar-refractivity contribution in [3.8, 4) is 11.5 Å². The molecule has 7 heteroatoms. The number of nitrogens with one attached hydrogen (secondary N) is 1. The number of fused-ring (bicyclic) bond motifs is 1. The van der Waals surface area contributed by atoms with Gasteiger partial charge in [0.2, 0.25) is 5.91 Å². The molecule has 0 saturated carbocycles. The molecule has 1 aliphatic heterocycles. The van der Waals surface area contributed by atoms with Crippen LogP contribution in [0.25, 0.3) is 0 Å². The number of carbonyl (C=O) groups excluding carboxylic acids is 1. The smallest absolute Gasteiger partial charge is 0.310 e. The first-order valence-electron chi connectivity index (χ1n) is 8.01. The summed E-state index contributed by atoms with van der Waals surface area (Å²) in [5.74, 6) is 0.842. The zero-order valence-corrected chi connectivity index (χ0v) is 13.5. The van der Waals surface area contributed by atoms with E-state index in [2.05, 4.69) is 5.32 Å². The van der Waals surface area contributed by atoms with Gasteiger partial charge in [0.05, 0.1) is 24.5 Å². The van der Waals surface area contributed by atoms with E-state index in [1.54, 1.807) is 12.1 Å². The lowest BCUT2D eigenvalue weighted by molar-refractivity contribution is -0.385. The number of hydrogen-bond donors (Lipinski definition) is 1. The van der Waals surface area contributed by atoms with Gasteiger partial charge in [-0.3, -0.25) is 14.9 Å². The van der Waals surface area contributed by atoms with Gasteiger partial charge in [-0.1, -0.05) is 30.3 Å². The Balaban J connectivity index is 1.40. The van der Waals surface area contributed by atoms with Gasteiger partial charge in [-0.15, -0.1) is 0 Å². The van der Waals surface area contributed by atoms with Crippen LogP contribution in [0.5, 0.6) is 11.5 Å². The minimum absolute atomic E-state index is 0.0718. The maximum absolute atomic E-state index is 11.9. The van der Waals surface area contributed by atoms with Crippen LogP contribution in [0.1, 0.15) is 12.0 Å². The van der Waals surface area contributed by atoms with Crippen LogP contribution < -0.4 is 14.8 Å². The molecule has 25 heavy (non-hydrogen) atoms. The van der Waals surface area contributed by atoms with Crippen molar-refractivity contribution in [1.82, 2.24) is 5.32 Å². The minimum Gasteiger partial charge on any atom is -0.488 e. The van der Waals surface area contributed by atoms with Crippen molar-refractivity contribution in [1.29, 1.82) is 0 Å². The van der Waals surface area contributed by atoms with Crippen LogP contribution >= 0.6 is 0 Å². The first kappa shape index (κ1) is 16.8.